The van der Waals surface area contributed by atoms with Crippen LogP contribution in [-0.4, -0.2) is 25.7 Å². The molecule has 128 valence electrons. The zero-order chi connectivity index (χ0) is 17.3. The second-order valence-corrected chi connectivity index (χ2v) is 6.41. The summed E-state index contributed by atoms with van der Waals surface area (Å²) in [4.78, 5) is 2.23. The van der Waals surface area contributed by atoms with Crippen LogP contribution in [0, 0.1) is 5.82 Å². The summed E-state index contributed by atoms with van der Waals surface area (Å²) in [5.41, 5.74) is 2.98. The normalized spacial score (nSPS) is 17.5. The van der Waals surface area contributed by atoms with Crippen molar-refractivity contribution in [2.75, 3.05) is 20.8 Å². The van der Waals surface area contributed by atoms with Gasteiger partial charge in [0, 0.05) is 29.7 Å². The molecule has 0 amide bonds. The first-order valence-electron chi connectivity index (χ1n) is 7.97. The maximum absolute atomic E-state index is 14.1. The fourth-order valence-electron chi connectivity index (χ4n) is 3.30. The summed E-state index contributed by atoms with van der Waals surface area (Å²) >= 11 is 6.18. The number of ether oxygens (including phenoxy) is 2. The molecular weight excluding hydrogens is 329 g/mol. The molecule has 0 saturated heterocycles. The quantitative estimate of drug-likeness (QED) is 0.804. The monoisotopic (exact) mass is 349 g/mol. The summed E-state index contributed by atoms with van der Waals surface area (Å²) in [6, 6.07) is 9.03. The highest BCUT2D eigenvalue weighted by molar-refractivity contribution is 6.31. The highest BCUT2D eigenvalue weighted by Gasteiger charge is 2.27. The minimum atomic E-state index is -0.257. The van der Waals surface area contributed by atoms with Crippen molar-refractivity contribution in [3.05, 3.63) is 57.9 Å². The largest absolute Gasteiger partial charge is 0.493 e. The van der Waals surface area contributed by atoms with Crippen molar-refractivity contribution in [3.63, 3.8) is 0 Å². The molecule has 1 atom stereocenters. The van der Waals surface area contributed by atoms with Gasteiger partial charge in [0.25, 0.3) is 0 Å². The van der Waals surface area contributed by atoms with Crippen LogP contribution in [0.2, 0.25) is 5.02 Å². The van der Waals surface area contributed by atoms with E-state index in [1.54, 1.807) is 26.4 Å². The van der Waals surface area contributed by atoms with Crippen LogP contribution in [0.3, 0.4) is 0 Å². The molecule has 3 nitrogen and oxygen atoms in total. The van der Waals surface area contributed by atoms with E-state index in [-0.39, 0.29) is 11.9 Å². The van der Waals surface area contributed by atoms with Gasteiger partial charge in [-0.15, -0.1) is 0 Å². The molecule has 3 rings (SSSR count). The molecular formula is C19H21ClFNO2. The second-order valence-electron chi connectivity index (χ2n) is 6.00. The summed E-state index contributed by atoms with van der Waals surface area (Å²) < 4.78 is 24.9. The van der Waals surface area contributed by atoms with E-state index in [1.165, 1.54) is 17.2 Å². The number of benzene rings is 2. The summed E-state index contributed by atoms with van der Waals surface area (Å²) in [6.45, 7) is 3.45. The molecule has 24 heavy (non-hydrogen) atoms. The third-order valence-electron chi connectivity index (χ3n) is 4.73. The fraction of sp³-hybridized carbons (Fsp3) is 0.368. The van der Waals surface area contributed by atoms with E-state index in [9.17, 15) is 4.39 Å². The van der Waals surface area contributed by atoms with Crippen molar-refractivity contribution in [1.82, 2.24) is 4.90 Å². The van der Waals surface area contributed by atoms with Gasteiger partial charge in [-0.2, -0.15) is 0 Å². The average Bonchev–Trinajstić information content (AvgIpc) is 2.59. The van der Waals surface area contributed by atoms with Crippen LogP contribution in [0.1, 0.15) is 29.7 Å². The molecule has 2 aromatic carbocycles. The standard InChI is InChI=1S/C19H21ClFNO2/c1-12-14-10-19(24-3)18(23-2)9-13(14)7-8-22(12)11-15-16(20)5-4-6-17(15)21/h4-6,9-10,12H,7-8,11H2,1-3H3. The van der Waals surface area contributed by atoms with E-state index >= 15 is 0 Å². The van der Waals surface area contributed by atoms with E-state index in [0.29, 0.717) is 22.9 Å². The first-order valence-corrected chi connectivity index (χ1v) is 8.34. The van der Waals surface area contributed by atoms with Gasteiger partial charge >= 0.3 is 0 Å². The Labute approximate surface area is 146 Å². The number of rotatable bonds is 4. The van der Waals surface area contributed by atoms with Crippen LogP contribution in [0.25, 0.3) is 0 Å². The van der Waals surface area contributed by atoms with Gasteiger partial charge in [-0.1, -0.05) is 17.7 Å². The van der Waals surface area contributed by atoms with Gasteiger partial charge in [-0.3, -0.25) is 4.90 Å². The Bertz CT molecular complexity index is 730. The van der Waals surface area contributed by atoms with Crippen molar-refractivity contribution >= 4 is 11.6 Å². The number of halogens is 2. The molecule has 2 aromatic rings. The average molecular weight is 350 g/mol. The molecule has 0 radical (unpaired) electrons. The van der Waals surface area contributed by atoms with Gasteiger partial charge in [0.15, 0.2) is 11.5 Å². The highest BCUT2D eigenvalue weighted by Crippen LogP contribution is 2.38. The van der Waals surface area contributed by atoms with Crippen LogP contribution in [0.4, 0.5) is 4.39 Å². The topological polar surface area (TPSA) is 21.7 Å². The number of hydrogen-bond donors (Lipinski definition) is 0. The van der Waals surface area contributed by atoms with Crippen LogP contribution < -0.4 is 9.47 Å². The van der Waals surface area contributed by atoms with Crippen molar-refractivity contribution in [3.8, 4) is 11.5 Å². The van der Waals surface area contributed by atoms with Crippen LogP contribution in [0.15, 0.2) is 30.3 Å². The SMILES string of the molecule is COc1cc2c(cc1OC)C(C)N(Cc1c(F)cccc1Cl)CC2. The number of hydrogen-bond acceptors (Lipinski definition) is 3. The molecule has 0 aliphatic carbocycles. The number of methoxy groups -OCH3 is 2. The van der Waals surface area contributed by atoms with Crippen LogP contribution >= 0.6 is 11.6 Å². The summed E-state index contributed by atoms with van der Waals surface area (Å²) in [5.74, 6) is 1.20. The van der Waals surface area contributed by atoms with E-state index in [4.69, 9.17) is 21.1 Å². The lowest BCUT2D eigenvalue weighted by atomic mass is 9.92. The van der Waals surface area contributed by atoms with E-state index < -0.39 is 0 Å². The molecule has 1 unspecified atom stereocenters. The van der Waals surface area contributed by atoms with Crippen molar-refractivity contribution in [2.24, 2.45) is 0 Å². The minimum Gasteiger partial charge on any atom is -0.493 e. The smallest absolute Gasteiger partial charge is 0.161 e. The van der Waals surface area contributed by atoms with Crippen molar-refractivity contribution < 1.29 is 13.9 Å². The lowest BCUT2D eigenvalue weighted by molar-refractivity contribution is 0.186. The Morgan fingerprint density at radius 3 is 2.58 bits per heavy atom. The third-order valence-corrected chi connectivity index (χ3v) is 5.09. The van der Waals surface area contributed by atoms with Gasteiger partial charge in [0.1, 0.15) is 5.82 Å². The molecule has 0 spiro atoms. The summed E-state index contributed by atoms with van der Waals surface area (Å²) in [7, 11) is 3.28. The highest BCUT2D eigenvalue weighted by atomic mass is 35.5. The fourth-order valence-corrected chi connectivity index (χ4v) is 3.52. The molecule has 0 fully saturated rings. The molecule has 0 aromatic heterocycles. The second kappa shape index (κ2) is 6.99. The lowest BCUT2D eigenvalue weighted by Crippen LogP contribution is -2.34. The Kier molecular flexibility index (Phi) is 4.97. The van der Waals surface area contributed by atoms with Crippen LogP contribution in [-0.2, 0) is 13.0 Å². The molecule has 1 heterocycles. The summed E-state index contributed by atoms with van der Waals surface area (Å²) in [6.07, 6.45) is 0.881. The van der Waals surface area contributed by atoms with E-state index in [0.717, 1.165) is 18.7 Å². The molecule has 1 aliphatic heterocycles. The summed E-state index contributed by atoms with van der Waals surface area (Å²) in [5, 5.41) is 0.473. The first-order chi connectivity index (χ1) is 11.5. The number of fused-ring (bicyclic) bond motifs is 1. The van der Waals surface area contributed by atoms with Gasteiger partial charge < -0.3 is 9.47 Å². The molecule has 0 saturated carbocycles. The lowest BCUT2D eigenvalue weighted by Gasteiger charge is -2.36. The van der Waals surface area contributed by atoms with Crippen molar-refractivity contribution in [1.29, 1.82) is 0 Å². The zero-order valence-electron chi connectivity index (χ0n) is 14.1. The maximum Gasteiger partial charge on any atom is 0.161 e. The molecule has 0 N–H and O–H groups in total. The van der Waals surface area contributed by atoms with Gasteiger partial charge in [-0.05, 0) is 48.7 Å². The van der Waals surface area contributed by atoms with E-state index in [2.05, 4.69) is 11.8 Å². The minimum absolute atomic E-state index is 0.143. The van der Waals surface area contributed by atoms with E-state index in [1.807, 2.05) is 12.1 Å². The predicted molar refractivity (Wildman–Crippen MR) is 93.5 cm³/mol. The Hall–Kier alpha value is -1.78. The molecule has 0 bridgehead atoms. The van der Waals surface area contributed by atoms with Crippen LogP contribution in [0.5, 0.6) is 11.5 Å². The Morgan fingerprint density at radius 2 is 1.92 bits per heavy atom. The molecule has 1 aliphatic rings. The first kappa shape index (κ1) is 17.1. The maximum atomic E-state index is 14.1. The number of nitrogens with zero attached hydrogens (tertiary/aromatic N) is 1. The molecule has 5 heteroatoms. The van der Waals surface area contributed by atoms with Gasteiger partial charge in [-0.25, -0.2) is 4.39 Å². The predicted octanol–water partition coefficient (Wildman–Crippen LogP) is 4.62. The zero-order valence-corrected chi connectivity index (χ0v) is 14.9. The Morgan fingerprint density at radius 1 is 1.21 bits per heavy atom. The Balaban J connectivity index is 1.90. The van der Waals surface area contributed by atoms with Crippen molar-refractivity contribution in [2.45, 2.75) is 25.9 Å². The third kappa shape index (κ3) is 3.08. The van der Waals surface area contributed by atoms with Gasteiger partial charge in [0.05, 0.1) is 14.2 Å². The van der Waals surface area contributed by atoms with Gasteiger partial charge in [0.2, 0.25) is 0 Å².